The second-order valence-electron chi connectivity index (χ2n) is 5.00. The third-order valence-electron chi connectivity index (χ3n) is 3.23. The fourth-order valence-corrected chi connectivity index (χ4v) is 2.01. The summed E-state index contributed by atoms with van der Waals surface area (Å²) in [6.45, 7) is 7.93. The van der Waals surface area contributed by atoms with Gasteiger partial charge in [0, 0.05) is 18.7 Å². The zero-order valence-corrected chi connectivity index (χ0v) is 12.9. The van der Waals surface area contributed by atoms with E-state index in [1.54, 1.807) is 6.33 Å². The lowest BCUT2D eigenvalue weighted by atomic mass is 10.1. The first kappa shape index (κ1) is 16.7. The zero-order chi connectivity index (χ0) is 14.8. The molecule has 0 fully saturated rings. The Labute approximate surface area is 122 Å². The fourth-order valence-electron chi connectivity index (χ4n) is 2.01. The van der Waals surface area contributed by atoms with Crippen molar-refractivity contribution >= 4 is 11.6 Å². The highest BCUT2D eigenvalue weighted by Crippen LogP contribution is 2.21. The van der Waals surface area contributed by atoms with E-state index >= 15 is 0 Å². The second-order valence-corrected chi connectivity index (χ2v) is 5.00. The number of hydrogen-bond donors (Lipinski definition) is 3. The van der Waals surface area contributed by atoms with Gasteiger partial charge in [-0.15, -0.1) is 0 Å². The summed E-state index contributed by atoms with van der Waals surface area (Å²) in [4.78, 5) is 8.69. The molecule has 0 aliphatic carbocycles. The van der Waals surface area contributed by atoms with E-state index in [1.807, 2.05) is 6.92 Å². The monoisotopic (exact) mass is 280 g/mol. The predicted molar refractivity (Wildman–Crippen MR) is 84.2 cm³/mol. The number of nitrogens with zero attached hydrogens (tertiary/aromatic N) is 2. The Morgan fingerprint density at radius 1 is 1.05 bits per heavy atom. The fraction of sp³-hybridized carbons (Fsp3) is 0.733. The number of nitrogens with one attached hydrogen (secondary N) is 2. The molecule has 0 aliphatic rings. The maximum absolute atomic E-state index is 9.59. The van der Waals surface area contributed by atoms with Gasteiger partial charge in [0.25, 0.3) is 0 Å². The Morgan fingerprint density at radius 2 is 1.70 bits per heavy atom. The summed E-state index contributed by atoms with van der Waals surface area (Å²) in [6, 6.07) is 0. The minimum absolute atomic E-state index is 0.239. The molecule has 0 bridgehead atoms. The van der Waals surface area contributed by atoms with Crippen LogP contribution in [-0.4, -0.2) is 34.3 Å². The largest absolute Gasteiger partial charge is 0.393 e. The Bertz CT molecular complexity index is 384. The summed E-state index contributed by atoms with van der Waals surface area (Å²) >= 11 is 0. The summed E-state index contributed by atoms with van der Waals surface area (Å²) < 4.78 is 0. The maximum Gasteiger partial charge on any atom is 0.134 e. The van der Waals surface area contributed by atoms with Crippen molar-refractivity contribution in [1.82, 2.24) is 9.97 Å². The topological polar surface area (TPSA) is 70.1 Å². The highest BCUT2D eigenvalue weighted by atomic mass is 16.3. The van der Waals surface area contributed by atoms with Crippen LogP contribution in [0.3, 0.4) is 0 Å². The molecule has 0 saturated carbocycles. The van der Waals surface area contributed by atoms with Gasteiger partial charge in [-0.25, -0.2) is 9.97 Å². The number of anilines is 2. The summed E-state index contributed by atoms with van der Waals surface area (Å²) in [7, 11) is 0. The molecule has 5 nitrogen and oxygen atoms in total. The van der Waals surface area contributed by atoms with E-state index in [0.717, 1.165) is 62.4 Å². The van der Waals surface area contributed by atoms with E-state index < -0.39 is 0 Å². The van der Waals surface area contributed by atoms with Crippen molar-refractivity contribution in [3.8, 4) is 0 Å². The van der Waals surface area contributed by atoms with E-state index in [9.17, 15) is 5.11 Å². The minimum atomic E-state index is -0.239. The number of aliphatic hydroxyl groups is 1. The molecular formula is C15H28N4O. The zero-order valence-electron chi connectivity index (χ0n) is 12.9. The number of rotatable bonds is 10. The highest BCUT2D eigenvalue weighted by Gasteiger charge is 2.10. The number of hydrogen-bond acceptors (Lipinski definition) is 5. The van der Waals surface area contributed by atoms with Gasteiger partial charge in [-0.1, -0.05) is 27.2 Å². The lowest BCUT2D eigenvalue weighted by molar-refractivity contribution is 0.164. The maximum atomic E-state index is 9.59. The molecule has 0 radical (unpaired) electrons. The van der Waals surface area contributed by atoms with Gasteiger partial charge in [0.05, 0.1) is 6.10 Å². The van der Waals surface area contributed by atoms with Crippen LogP contribution in [0.5, 0.6) is 0 Å². The average molecular weight is 280 g/mol. The van der Waals surface area contributed by atoms with E-state index in [4.69, 9.17) is 0 Å². The van der Waals surface area contributed by atoms with Crippen LogP contribution in [0.15, 0.2) is 6.33 Å². The van der Waals surface area contributed by atoms with Gasteiger partial charge in [0.2, 0.25) is 0 Å². The van der Waals surface area contributed by atoms with E-state index in [0.29, 0.717) is 0 Å². The third-order valence-corrected chi connectivity index (χ3v) is 3.23. The minimum Gasteiger partial charge on any atom is -0.393 e. The van der Waals surface area contributed by atoms with Gasteiger partial charge in [0.15, 0.2) is 0 Å². The molecule has 0 amide bonds. The molecule has 1 aromatic heterocycles. The van der Waals surface area contributed by atoms with Crippen molar-refractivity contribution in [2.24, 2.45) is 0 Å². The van der Waals surface area contributed by atoms with E-state index in [2.05, 4.69) is 34.4 Å². The van der Waals surface area contributed by atoms with Crippen LogP contribution in [-0.2, 0) is 6.42 Å². The molecule has 0 aliphatic heterocycles. The summed E-state index contributed by atoms with van der Waals surface area (Å²) in [5.74, 6) is 1.82. The Hall–Kier alpha value is -1.36. The summed E-state index contributed by atoms with van der Waals surface area (Å²) in [6.07, 6.45) is 5.96. The molecule has 1 aromatic rings. The van der Waals surface area contributed by atoms with Gasteiger partial charge < -0.3 is 15.7 Å². The van der Waals surface area contributed by atoms with E-state index in [1.165, 1.54) is 0 Å². The quantitative estimate of drug-likeness (QED) is 0.615. The molecule has 3 N–H and O–H groups in total. The molecule has 1 atom stereocenters. The van der Waals surface area contributed by atoms with Crippen molar-refractivity contribution in [2.45, 2.75) is 59.0 Å². The Kier molecular flexibility index (Phi) is 7.95. The number of aliphatic hydroxyl groups excluding tert-OH is 1. The smallest absolute Gasteiger partial charge is 0.134 e. The van der Waals surface area contributed by atoms with Crippen LogP contribution in [0.2, 0.25) is 0 Å². The van der Waals surface area contributed by atoms with Gasteiger partial charge >= 0.3 is 0 Å². The first-order valence-corrected chi connectivity index (χ1v) is 7.72. The SMILES string of the molecule is CCCNc1ncnc(NCCC(O)CC)c1CCC. The lowest BCUT2D eigenvalue weighted by Gasteiger charge is -2.15. The summed E-state index contributed by atoms with van der Waals surface area (Å²) in [5, 5.41) is 16.3. The molecular weight excluding hydrogens is 252 g/mol. The third kappa shape index (κ3) is 5.33. The van der Waals surface area contributed by atoms with E-state index in [-0.39, 0.29) is 6.10 Å². The van der Waals surface area contributed by atoms with Gasteiger partial charge in [-0.3, -0.25) is 0 Å². The molecule has 1 unspecified atom stereocenters. The van der Waals surface area contributed by atoms with Gasteiger partial charge in [-0.05, 0) is 25.7 Å². The van der Waals surface area contributed by atoms with Crippen molar-refractivity contribution in [2.75, 3.05) is 23.7 Å². The van der Waals surface area contributed by atoms with Crippen LogP contribution in [0.1, 0.15) is 52.0 Å². The molecule has 0 aromatic carbocycles. The van der Waals surface area contributed by atoms with Crippen LogP contribution in [0.25, 0.3) is 0 Å². The van der Waals surface area contributed by atoms with Crippen LogP contribution in [0, 0.1) is 0 Å². The van der Waals surface area contributed by atoms with Crippen molar-refractivity contribution < 1.29 is 5.11 Å². The molecule has 0 spiro atoms. The average Bonchev–Trinajstić information content (AvgIpc) is 2.47. The van der Waals surface area contributed by atoms with Crippen LogP contribution >= 0.6 is 0 Å². The Balaban J connectivity index is 2.72. The van der Waals surface area contributed by atoms with Crippen molar-refractivity contribution in [3.63, 3.8) is 0 Å². The first-order chi connectivity index (χ1) is 9.72. The second kappa shape index (κ2) is 9.53. The molecule has 0 saturated heterocycles. The predicted octanol–water partition coefficient (Wildman–Crippen LogP) is 2.82. The lowest BCUT2D eigenvalue weighted by Crippen LogP contribution is -2.15. The Morgan fingerprint density at radius 3 is 2.25 bits per heavy atom. The van der Waals surface area contributed by atoms with Crippen molar-refractivity contribution in [3.05, 3.63) is 11.9 Å². The van der Waals surface area contributed by atoms with Crippen LogP contribution < -0.4 is 10.6 Å². The molecule has 1 heterocycles. The molecule has 5 heteroatoms. The van der Waals surface area contributed by atoms with Crippen LogP contribution in [0.4, 0.5) is 11.6 Å². The molecule has 20 heavy (non-hydrogen) atoms. The highest BCUT2D eigenvalue weighted by molar-refractivity contribution is 5.57. The summed E-state index contributed by atoms with van der Waals surface area (Å²) in [5.41, 5.74) is 1.15. The first-order valence-electron chi connectivity index (χ1n) is 7.72. The number of aromatic nitrogens is 2. The van der Waals surface area contributed by atoms with Gasteiger partial charge in [-0.2, -0.15) is 0 Å². The standard InChI is InChI=1S/C15H28N4O/c1-4-7-13-14(16-9-5-2)18-11-19-15(13)17-10-8-12(20)6-3/h11-12,20H,4-10H2,1-3H3,(H2,16,17,18,19). The molecule has 1 rings (SSSR count). The van der Waals surface area contributed by atoms with Crippen molar-refractivity contribution in [1.29, 1.82) is 0 Å². The normalized spacial score (nSPS) is 12.2. The van der Waals surface area contributed by atoms with Gasteiger partial charge in [0.1, 0.15) is 18.0 Å². The molecule has 114 valence electrons.